The Morgan fingerprint density at radius 1 is 1.32 bits per heavy atom. The van der Waals surface area contributed by atoms with Crippen molar-refractivity contribution in [1.29, 1.82) is 0 Å². The van der Waals surface area contributed by atoms with E-state index in [4.69, 9.17) is 28.3 Å². The third kappa shape index (κ3) is 4.54. The molecule has 0 bridgehead atoms. The Morgan fingerprint density at radius 3 is 2.47 bits per heavy atom. The van der Waals surface area contributed by atoms with Gasteiger partial charge in [-0.1, -0.05) is 23.2 Å². The first-order valence-corrected chi connectivity index (χ1v) is 6.05. The SMILES string of the molecule is CC(=O)NC(CC(=O)c1cc(Cl)ccc1Cl)C(=O)O. The van der Waals surface area contributed by atoms with Crippen LogP contribution in [0.4, 0.5) is 0 Å². The van der Waals surface area contributed by atoms with Crippen LogP contribution in [-0.4, -0.2) is 28.8 Å². The molecule has 7 heteroatoms. The van der Waals surface area contributed by atoms with Crippen molar-refractivity contribution in [2.24, 2.45) is 0 Å². The molecule has 0 heterocycles. The van der Waals surface area contributed by atoms with E-state index in [1.165, 1.54) is 25.1 Å². The van der Waals surface area contributed by atoms with Crippen molar-refractivity contribution in [2.75, 3.05) is 0 Å². The fraction of sp³-hybridized carbons (Fsp3) is 0.250. The number of amides is 1. The summed E-state index contributed by atoms with van der Waals surface area (Å²) in [6.07, 6.45) is -0.394. The molecule has 1 aromatic carbocycles. The maximum atomic E-state index is 12.0. The summed E-state index contributed by atoms with van der Waals surface area (Å²) < 4.78 is 0. The Morgan fingerprint density at radius 2 is 1.95 bits per heavy atom. The number of nitrogens with one attached hydrogen (secondary N) is 1. The summed E-state index contributed by atoms with van der Waals surface area (Å²) in [6.45, 7) is 1.17. The van der Waals surface area contributed by atoms with Crippen LogP contribution in [0.25, 0.3) is 0 Å². The number of carboxylic acid groups (broad SMARTS) is 1. The van der Waals surface area contributed by atoms with Gasteiger partial charge < -0.3 is 10.4 Å². The van der Waals surface area contributed by atoms with Crippen LogP contribution in [0.15, 0.2) is 18.2 Å². The lowest BCUT2D eigenvalue weighted by molar-refractivity contribution is -0.141. The van der Waals surface area contributed by atoms with E-state index >= 15 is 0 Å². The molecule has 2 N–H and O–H groups in total. The average Bonchev–Trinajstić information content (AvgIpc) is 2.30. The number of carbonyl (C=O) groups excluding carboxylic acids is 2. The summed E-state index contributed by atoms with van der Waals surface area (Å²) in [5, 5.41) is 11.6. The molecule has 0 aromatic heterocycles. The van der Waals surface area contributed by atoms with Crippen LogP contribution in [0, 0.1) is 0 Å². The molecule has 5 nitrogen and oxygen atoms in total. The van der Waals surface area contributed by atoms with Crippen LogP contribution in [-0.2, 0) is 9.59 Å². The number of rotatable bonds is 5. The van der Waals surface area contributed by atoms with Crippen molar-refractivity contribution in [3.8, 4) is 0 Å². The minimum absolute atomic E-state index is 0.130. The van der Waals surface area contributed by atoms with Gasteiger partial charge in [0.2, 0.25) is 5.91 Å². The molecule has 19 heavy (non-hydrogen) atoms. The van der Waals surface area contributed by atoms with Gasteiger partial charge in [0.15, 0.2) is 5.78 Å². The first kappa shape index (κ1) is 15.5. The number of ketones is 1. The van der Waals surface area contributed by atoms with Gasteiger partial charge in [0, 0.05) is 23.9 Å². The zero-order valence-corrected chi connectivity index (χ0v) is 11.5. The minimum Gasteiger partial charge on any atom is -0.480 e. The van der Waals surface area contributed by atoms with E-state index < -0.39 is 30.1 Å². The van der Waals surface area contributed by atoms with Gasteiger partial charge in [-0.05, 0) is 18.2 Å². The first-order valence-electron chi connectivity index (χ1n) is 5.29. The molecule has 0 aliphatic rings. The summed E-state index contributed by atoms with van der Waals surface area (Å²) in [6, 6.07) is 3.04. The highest BCUT2D eigenvalue weighted by atomic mass is 35.5. The van der Waals surface area contributed by atoms with Crippen molar-refractivity contribution in [1.82, 2.24) is 5.32 Å². The molecule has 1 atom stereocenters. The first-order chi connectivity index (χ1) is 8.81. The summed E-state index contributed by atoms with van der Waals surface area (Å²) in [5.41, 5.74) is 0.130. The van der Waals surface area contributed by atoms with Gasteiger partial charge in [0.05, 0.1) is 5.02 Å². The highest BCUT2D eigenvalue weighted by molar-refractivity contribution is 6.36. The highest BCUT2D eigenvalue weighted by Gasteiger charge is 2.23. The lowest BCUT2D eigenvalue weighted by atomic mass is 10.0. The normalized spacial score (nSPS) is 11.7. The fourth-order valence-corrected chi connectivity index (χ4v) is 1.85. The third-order valence-electron chi connectivity index (χ3n) is 2.29. The van der Waals surface area contributed by atoms with E-state index in [0.29, 0.717) is 5.02 Å². The van der Waals surface area contributed by atoms with Crippen molar-refractivity contribution in [2.45, 2.75) is 19.4 Å². The van der Waals surface area contributed by atoms with Gasteiger partial charge >= 0.3 is 5.97 Å². The molecule has 0 aliphatic carbocycles. The van der Waals surface area contributed by atoms with Crippen LogP contribution in [0.2, 0.25) is 10.0 Å². The summed E-state index contributed by atoms with van der Waals surface area (Å²) in [4.78, 5) is 33.7. The standard InChI is InChI=1S/C12H11Cl2NO4/c1-6(16)15-10(12(18)19)5-11(17)8-4-7(13)2-3-9(8)14/h2-4,10H,5H2,1H3,(H,15,16)(H,18,19). The monoisotopic (exact) mass is 303 g/mol. The predicted molar refractivity (Wildman–Crippen MR) is 70.7 cm³/mol. The molecule has 0 saturated heterocycles. The Hall–Kier alpha value is -1.59. The zero-order chi connectivity index (χ0) is 14.6. The quantitative estimate of drug-likeness (QED) is 0.816. The van der Waals surface area contributed by atoms with Crippen LogP contribution in [0.1, 0.15) is 23.7 Å². The molecule has 102 valence electrons. The minimum atomic E-state index is -1.29. The second-order valence-corrected chi connectivity index (χ2v) is 4.69. The third-order valence-corrected chi connectivity index (χ3v) is 2.86. The van der Waals surface area contributed by atoms with Gasteiger partial charge in [-0.25, -0.2) is 4.79 Å². The molecule has 0 aliphatic heterocycles. The van der Waals surface area contributed by atoms with Crippen LogP contribution in [0.5, 0.6) is 0 Å². The van der Waals surface area contributed by atoms with Gasteiger partial charge in [0.1, 0.15) is 6.04 Å². The van der Waals surface area contributed by atoms with Gasteiger partial charge in [-0.2, -0.15) is 0 Å². The Labute approximate surface area is 119 Å². The number of hydrogen-bond donors (Lipinski definition) is 2. The number of carboxylic acids is 1. The maximum Gasteiger partial charge on any atom is 0.326 e. The van der Waals surface area contributed by atoms with Crippen molar-refractivity contribution in [3.05, 3.63) is 33.8 Å². The van der Waals surface area contributed by atoms with E-state index in [0.717, 1.165) is 0 Å². The lowest BCUT2D eigenvalue weighted by Gasteiger charge is -2.13. The zero-order valence-electron chi connectivity index (χ0n) is 9.94. The Kier molecular flexibility index (Phi) is 5.32. The summed E-state index contributed by atoms with van der Waals surface area (Å²) >= 11 is 11.6. The predicted octanol–water partition coefficient (Wildman–Crippen LogP) is 2.16. The molecule has 0 radical (unpaired) electrons. The molecule has 0 spiro atoms. The fourth-order valence-electron chi connectivity index (χ4n) is 1.45. The molecule has 1 amide bonds. The van der Waals surface area contributed by atoms with Crippen LogP contribution >= 0.6 is 23.2 Å². The molecule has 1 rings (SSSR count). The van der Waals surface area contributed by atoms with E-state index in [9.17, 15) is 14.4 Å². The van der Waals surface area contributed by atoms with Crippen molar-refractivity contribution >= 4 is 40.9 Å². The topological polar surface area (TPSA) is 83.5 Å². The van der Waals surface area contributed by atoms with E-state index in [2.05, 4.69) is 5.32 Å². The molecular weight excluding hydrogens is 293 g/mol. The molecule has 1 aromatic rings. The van der Waals surface area contributed by atoms with E-state index in [1.54, 1.807) is 0 Å². The maximum absolute atomic E-state index is 12.0. The number of carbonyl (C=O) groups is 3. The highest BCUT2D eigenvalue weighted by Crippen LogP contribution is 2.22. The number of hydrogen-bond acceptors (Lipinski definition) is 3. The summed E-state index contributed by atoms with van der Waals surface area (Å²) in [7, 11) is 0. The molecule has 0 saturated carbocycles. The second kappa shape index (κ2) is 6.54. The van der Waals surface area contributed by atoms with Gasteiger partial charge in [0.25, 0.3) is 0 Å². The van der Waals surface area contributed by atoms with Crippen molar-refractivity contribution in [3.63, 3.8) is 0 Å². The number of Topliss-reactive ketones (excluding diaryl/α,β-unsaturated/α-hetero) is 1. The molecule has 1 unspecified atom stereocenters. The Bertz CT molecular complexity index is 530. The molecular formula is C12H11Cl2NO4. The van der Waals surface area contributed by atoms with Gasteiger partial charge in [-0.15, -0.1) is 0 Å². The van der Waals surface area contributed by atoms with Crippen molar-refractivity contribution < 1.29 is 19.5 Å². The smallest absolute Gasteiger partial charge is 0.326 e. The van der Waals surface area contributed by atoms with E-state index in [1.807, 2.05) is 0 Å². The largest absolute Gasteiger partial charge is 0.480 e. The second-order valence-electron chi connectivity index (χ2n) is 3.84. The number of benzene rings is 1. The van der Waals surface area contributed by atoms with E-state index in [-0.39, 0.29) is 10.6 Å². The Balaban J connectivity index is 2.90. The van der Waals surface area contributed by atoms with Crippen LogP contribution in [0.3, 0.4) is 0 Å². The molecule has 0 fully saturated rings. The number of halogens is 2. The van der Waals surface area contributed by atoms with Crippen LogP contribution < -0.4 is 5.32 Å². The average molecular weight is 304 g/mol. The lowest BCUT2D eigenvalue weighted by Crippen LogP contribution is -2.41. The number of aliphatic carboxylic acids is 1. The summed E-state index contributed by atoms with van der Waals surface area (Å²) in [5.74, 6) is -2.33. The van der Waals surface area contributed by atoms with Gasteiger partial charge in [-0.3, -0.25) is 9.59 Å².